The van der Waals surface area contributed by atoms with Crippen molar-refractivity contribution >= 4 is 5.97 Å². The van der Waals surface area contributed by atoms with Crippen molar-refractivity contribution in [2.75, 3.05) is 0 Å². The number of hydrogen-bond donors (Lipinski definition) is 0. The summed E-state index contributed by atoms with van der Waals surface area (Å²) in [7, 11) is 0. The van der Waals surface area contributed by atoms with Gasteiger partial charge in [-0.1, -0.05) is 72.5 Å². The summed E-state index contributed by atoms with van der Waals surface area (Å²) in [5.74, 6) is 5.23. The van der Waals surface area contributed by atoms with E-state index in [1.165, 1.54) is 57.8 Å². The molecule has 9 atom stereocenters. The van der Waals surface area contributed by atoms with Gasteiger partial charge in [0.2, 0.25) is 0 Å². The second-order valence-corrected chi connectivity index (χ2v) is 13.6. The van der Waals surface area contributed by atoms with Crippen LogP contribution < -0.4 is 0 Å². The molecule has 3 fully saturated rings. The molecule has 4 aliphatic rings. The second kappa shape index (κ2) is 9.34. The minimum atomic E-state index is -0.101. The van der Waals surface area contributed by atoms with Crippen molar-refractivity contribution in [3.05, 3.63) is 11.1 Å². The Labute approximate surface area is 204 Å². The van der Waals surface area contributed by atoms with E-state index in [4.69, 9.17) is 4.74 Å². The third-order valence-corrected chi connectivity index (χ3v) is 11.7. The maximum absolute atomic E-state index is 11.7. The lowest BCUT2D eigenvalue weighted by molar-refractivity contribution is -0.159. The predicted molar refractivity (Wildman–Crippen MR) is 138 cm³/mol. The molecule has 0 bridgehead atoms. The predicted octanol–water partition coefficient (Wildman–Crippen LogP) is 8.60. The molecule has 0 spiro atoms. The molecule has 0 N–H and O–H groups in total. The van der Waals surface area contributed by atoms with Crippen molar-refractivity contribution in [1.29, 1.82) is 0 Å². The van der Waals surface area contributed by atoms with Crippen LogP contribution in [0.4, 0.5) is 0 Å². The fraction of sp³-hybridized carbons (Fsp3) is 0.903. The molecule has 0 aromatic rings. The zero-order valence-corrected chi connectivity index (χ0v) is 23.0. The van der Waals surface area contributed by atoms with Gasteiger partial charge >= 0.3 is 5.97 Å². The quantitative estimate of drug-likeness (QED) is 0.295. The fourth-order valence-electron chi connectivity index (χ4n) is 9.32. The number of esters is 1. The van der Waals surface area contributed by atoms with Crippen LogP contribution in [0.15, 0.2) is 11.1 Å². The number of allylic oxidation sites excluding steroid dienone is 2. The summed E-state index contributed by atoms with van der Waals surface area (Å²) in [6, 6.07) is 0. The lowest BCUT2D eigenvalue weighted by Gasteiger charge is -2.58. The average molecular weight is 457 g/mol. The molecule has 0 saturated heterocycles. The second-order valence-electron chi connectivity index (χ2n) is 13.6. The Hall–Kier alpha value is -0.790. The van der Waals surface area contributed by atoms with Gasteiger partial charge in [0, 0.05) is 6.92 Å². The van der Waals surface area contributed by atoms with Gasteiger partial charge in [0.15, 0.2) is 0 Å². The highest BCUT2D eigenvalue weighted by Crippen LogP contribution is 2.66. The largest absolute Gasteiger partial charge is 0.462 e. The van der Waals surface area contributed by atoms with Crippen molar-refractivity contribution in [3.8, 4) is 0 Å². The number of carbonyl (C=O) groups excluding carboxylic acids is 1. The summed E-state index contributed by atoms with van der Waals surface area (Å²) in [6.07, 6.45) is 13.4. The average Bonchev–Trinajstić information content (AvgIpc) is 3.11. The maximum atomic E-state index is 11.7. The van der Waals surface area contributed by atoms with Gasteiger partial charge in [-0.3, -0.25) is 4.79 Å². The topological polar surface area (TPSA) is 26.3 Å². The summed E-state index contributed by atoms with van der Waals surface area (Å²) in [5.41, 5.74) is 4.65. The summed E-state index contributed by atoms with van der Waals surface area (Å²) in [6.45, 7) is 19.0. The molecule has 2 heteroatoms. The minimum absolute atomic E-state index is 0.101. The Balaban J connectivity index is 1.52. The summed E-state index contributed by atoms with van der Waals surface area (Å²) < 4.78 is 5.76. The molecule has 0 aliphatic heterocycles. The zero-order chi connectivity index (χ0) is 24.1. The van der Waals surface area contributed by atoms with Crippen molar-refractivity contribution in [1.82, 2.24) is 0 Å². The molecule has 0 radical (unpaired) electrons. The first kappa shape index (κ1) is 25.3. The van der Waals surface area contributed by atoms with Gasteiger partial charge in [-0.15, -0.1) is 0 Å². The van der Waals surface area contributed by atoms with Crippen LogP contribution in [0.5, 0.6) is 0 Å². The van der Waals surface area contributed by atoms with Crippen LogP contribution >= 0.6 is 0 Å². The highest BCUT2D eigenvalue weighted by Gasteiger charge is 2.57. The van der Waals surface area contributed by atoms with Crippen LogP contribution in [0.3, 0.4) is 0 Å². The molecule has 0 aromatic heterocycles. The van der Waals surface area contributed by atoms with Crippen LogP contribution in [-0.4, -0.2) is 12.1 Å². The molecule has 33 heavy (non-hydrogen) atoms. The monoisotopic (exact) mass is 456 g/mol. The molecule has 2 nitrogen and oxygen atoms in total. The molecule has 3 saturated carbocycles. The van der Waals surface area contributed by atoms with E-state index >= 15 is 0 Å². The van der Waals surface area contributed by atoms with Crippen molar-refractivity contribution in [2.45, 2.75) is 126 Å². The van der Waals surface area contributed by atoms with Crippen LogP contribution in [0.1, 0.15) is 120 Å². The van der Waals surface area contributed by atoms with Crippen LogP contribution in [0.2, 0.25) is 0 Å². The molecule has 0 amide bonds. The van der Waals surface area contributed by atoms with Gasteiger partial charge in [0.25, 0.3) is 0 Å². The molecule has 0 heterocycles. The van der Waals surface area contributed by atoms with Crippen LogP contribution in [-0.2, 0) is 9.53 Å². The Morgan fingerprint density at radius 2 is 1.73 bits per heavy atom. The third-order valence-electron chi connectivity index (χ3n) is 11.7. The molecular formula is C31H52O2. The summed E-state index contributed by atoms with van der Waals surface area (Å²) >= 11 is 0. The van der Waals surface area contributed by atoms with E-state index in [-0.39, 0.29) is 12.1 Å². The molecular weight excluding hydrogens is 404 g/mol. The summed E-state index contributed by atoms with van der Waals surface area (Å²) in [4.78, 5) is 11.7. The normalized spacial score (nSPS) is 42.4. The first-order valence-corrected chi connectivity index (χ1v) is 14.4. The van der Waals surface area contributed by atoms with E-state index in [9.17, 15) is 4.79 Å². The maximum Gasteiger partial charge on any atom is 0.302 e. The Morgan fingerprint density at radius 3 is 2.39 bits per heavy atom. The lowest BCUT2D eigenvalue weighted by atomic mass is 9.47. The van der Waals surface area contributed by atoms with Gasteiger partial charge in [0.1, 0.15) is 6.10 Å². The highest BCUT2D eigenvalue weighted by molar-refractivity contribution is 5.66. The third kappa shape index (κ3) is 4.35. The summed E-state index contributed by atoms with van der Waals surface area (Å²) in [5, 5.41) is 0. The van der Waals surface area contributed by atoms with Gasteiger partial charge in [-0.25, -0.2) is 0 Å². The van der Waals surface area contributed by atoms with Crippen molar-refractivity contribution in [2.24, 2.45) is 52.3 Å². The number of carbonyl (C=O) groups is 1. The fourth-order valence-corrected chi connectivity index (χ4v) is 9.32. The van der Waals surface area contributed by atoms with Crippen LogP contribution in [0, 0.1) is 52.3 Å². The lowest BCUT2D eigenvalue weighted by Crippen LogP contribution is -2.52. The number of rotatable bonds is 6. The Morgan fingerprint density at radius 1 is 1.00 bits per heavy atom. The molecule has 188 valence electrons. The molecule has 4 rings (SSSR count). The first-order chi connectivity index (χ1) is 15.5. The first-order valence-electron chi connectivity index (χ1n) is 14.4. The minimum Gasteiger partial charge on any atom is -0.462 e. The zero-order valence-electron chi connectivity index (χ0n) is 23.0. The van der Waals surface area contributed by atoms with Gasteiger partial charge < -0.3 is 4.74 Å². The van der Waals surface area contributed by atoms with Gasteiger partial charge in [-0.2, -0.15) is 0 Å². The number of hydrogen-bond acceptors (Lipinski definition) is 2. The number of ether oxygens (including phenoxy) is 1. The molecule has 0 aromatic carbocycles. The van der Waals surface area contributed by atoms with Gasteiger partial charge in [-0.05, 0) is 104 Å². The van der Waals surface area contributed by atoms with E-state index in [0.29, 0.717) is 22.7 Å². The Bertz CT molecular complexity index is 765. The SMILES string of the molecule is CC(=O)O[C@H]1CC[C@]2(C)C3CC[C@@]4(C)C(=C3CCC2[C@@H]1C)CCC4[C@@H](C)CCC(C)C(C)C. The standard InChI is InChI=1S/C31H52O2/c1-19(2)20(3)9-10-21(4)25-13-14-27-24-11-12-26-22(5)29(33-23(6)32)16-18-31(26,8)28(24)15-17-30(25,27)7/h19-22,25-26,28-29H,9-18H2,1-8H3/t20?,21-,22-,25?,26?,28?,29-,30+,31-/m0/s1. The molecule has 4 unspecified atom stereocenters. The number of fused-ring (bicyclic) bond motifs is 4. The van der Waals surface area contributed by atoms with E-state index in [0.717, 1.165) is 36.0 Å². The Kier molecular flexibility index (Phi) is 7.17. The van der Waals surface area contributed by atoms with E-state index in [2.05, 4.69) is 48.5 Å². The van der Waals surface area contributed by atoms with E-state index in [1.807, 2.05) is 11.1 Å². The molecule has 4 aliphatic carbocycles. The van der Waals surface area contributed by atoms with Gasteiger partial charge in [0.05, 0.1) is 0 Å². The van der Waals surface area contributed by atoms with Crippen LogP contribution in [0.25, 0.3) is 0 Å². The van der Waals surface area contributed by atoms with E-state index in [1.54, 1.807) is 6.92 Å². The highest BCUT2D eigenvalue weighted by atomic mass is 16.5. The van der Waals surface area contributed by atoms with Crippen molar-refractivity contribution < 1.29 is 9.53 Å². The van der Waals surface area contributed by atoms with Crippen molar-refractivity contribution in [3.63, 3.8) is 0 Å². The van der Waals surface area contributed by atoms with E-state index < -0.39 is 0 Å². The smallest absolute Gasteiger partial charge is 0.302 e.